The number of aromatic amines is 1. The van der Waals surface area contributed by atoms with Gasteiger partial charge in [0.15, 0.2) is 11.5 Å². The molecular formula is C23H27N5O3. The molecule has 31 heavy (non-hydrogen) atoms. The minimum Gasteiger partial charge on any atom is -0.490 e. The lowest BCUT2D eigenvalue weighted by Gasteiger charge is -2.15. The van der Waals surface area contributed by atoms with Gasteiger partial charge in [-0.05, 0) is 36.2 Å². The minimum atomic E-state index is -0.387. The summed E-state index contributed by atoms with van der Waals surface area (Å²) in [6.45, 7) is 8.59. The zero-order valence-corrected chi connectivity index (χ0v) is 18.2. The summed E-state index contributed by atoms with van der Waals surface area (Å²) in [5, 5.41) is 12.1. The van der Waals surface area contributed by atoms with Crippen LogP contribution in [0.25, 0.3) is 0 Å². The SMILES string of the molecule is CCOc1cc(/C=N/Nc2nnc(C(C)(C)C)c(=O)[nH]2)ccc1OCc1ccccc1. The highest BCUT2D eigenvalue weighted by Crippen LogP contribution is 2.29. The van der Waals surface area contributed by atoms with Crippen LogP contribution in [0.5, 0.6) is 11.5 Å². The molecule has 0 aliphatic heterocycles. The molecule has 1 heterocycles. The number of hydrogen-bond acceptors (Lipinski definition) is 7. The van der Waals surface area contributed by atoms with Crippen LogP contribution in [-0.2, 0) is 12.0 Å². The molecule has 1 aromatic heterocycles. The maximum atomic E-state index is 12.2. The third-order valence-electron chi connectivity index (χ3n) is 4.30. The molecule has 0 aliphatic carbocycles. The third-order valence-corrected chi connectivity index (χ3v) is 4.30. The number of aromatic nitrogens is 3. The molecule has 0 bridgehead atoms. The molecule has 0 aliphatic rings. The maximum absolute atomic E-state index is 12.2. The molecule has 8 heteroatoms. The number of nitrogens with zero attached hydrogens (tertiary/aromatic N) is 3. The van der Waals surface area contributed by atoms with Gasteiger partial charge in [0.05, 0.1) is 12.8 Å². The molecule has 0 saturated heterocycles. The van der Waals surface area contributed by atoms with Gasteiger partial charge in [-0.1, -0.05) is 51.1 Å². The molecule has 2 aromatic carbocycles. The van der Waals surface area contributed by atoms with E-state index in [9.17, 15) is 4.79 Å². The number of rotatable bonds is 8. The molecular weight excluding hydrogens is 394 g/mol. The minimum absolute atomic E-state index is 0.169. The average molecular weight is 422 g/mol. The van der Waals surface area contributed by atoms with Crippen LogP contribution >= 0.6 is 0 Å². The normalized spacial score (nSPS) is 11.5. The average Bonchev–Trinajstić information content (AvgIpc) is 2.73. The van der Waals surface area contributed by atoms with Crippen molar-refractivity contribution in [3.63, 3.8) is 0 Å². The van der Waals surface area contributed by atoms with Crippen LogP contribution in [0.15, 0.2) is 58.4 Å². The summed E-state index contributed by atoms with van der Waals surface area (Å²) in [6, 6.07) is 15.5. The zero-order valence-electron chi connectivity index (χ0n) is 18.2. The van der Waals surface area contributed by atoms with Crippen molar-refractivity contribution in [1.29, 1.82) is 0 Å². The van der Waals surface area contributed by atoms with E-state index in [1.165, 1.54) is 0 Å². The highest BCUT2D eigenvalue weighted by molar-refractivity contribution is 5.81. The zero-order chi connectivity index (χ0) is 22.3. The molecule has 8 nitrogen and oxygen atoms in total. The van der Waals surface area contributed by atoms with Crippen LogP contribution in [0.3, 0.4) is 0 Å². The Morgan fingerprint density at radius 3 is 2.52 bits per heavy atom. The molecule has 2 N–H and O–H groups in total. The molecule has 0 unspecified atom stereocenters. The molecule has 3 aromatic rings. The fraction of sp³-hybridized carbons (Fsp3) is 0.304. The largest absolute Gasteiger partial charge is 0.490 e. The summed E-state index contributed by atoms with van der Waals surface area (Å²) >= 11 is 0. The number of hydrogen-bond donors (Lipinski definition) is 2. The van der Waals surface area contributed by atoms with E-state index in [0.717, 1.165) is 11.1 Å². The second-order valence-corrected chi connectivity index (χ2v) is 7.88. The van der Waals surface area contributed by atoms with Crippen molar-refractivity contribution in [2.45, 2.75) is 39.7 Å². The van der Waals surface area contributed by atoms with E-state index in [0.29, 0.717) is 30.4 Å². The second-order valence-electron chi connectivity index (χ2n) is 7.88. The van der Waals surface area contributed by atoms with Gasteiger partial charge in [0.25, 0.3) is 5.56 Å². The molecule has 0 fully saturated rings. The van der Waals surface area contributed by atoms with Crippen molar-refractivity contribution in [3.05, 3.63) is 75.7 Å². The first-order valence-electron chi connectivity index (χ1n) is 10.1. The Morgan fingerprint density at radius 1 is 1.06 bits per heavy atom. The summed E-state index contributed by atoms with van der Waals surface area (Å²) in [6.07, 6.45) is 1.60. The van der Waals surface area contributed by atoms with Gasteiger partial charge in [0.1, 0.15) is 12.3 Å². The number of nitrogens with one attached hydrogen (secondary N) is 2. The lowest BCUT2D eigenvalue weighted by Crippen LogP contribution is -2.28. The summed E-state index contributed by atoms with van der Waals surface area (Å²) in [5.74, 6) is 1.45. The monoisotopic (exact) mass is 421 g/mol. The van der Waals surface area contributed by atoms with Crippen LogP contribution in [0.4, 0.5) is 5.95 Å². The lowest BCUT2D eigenvalue weighted by molar-refractivity contribution is 0.269. The second kappa shape index (κ2) is 9.88. The van der Waals surface area contributed by atoms with Crippen LogP contribution < -0.4 is 20.5 Å². The summed E-state index contributed by atoms with van der Waals surface area (Å²) in [4.78, 5) is 14.8. The molecule has 0 radical (unpaired) electrons. The van der Waals surface area contributed by atoms with Crippen molar-refractivity contribution in [2.75, 3.05) is 12.0 Å². The van der Waals surface area contributed by atoms with Gasteiger partial charge < -0.3 is 9.47 Å². The van der Waals surface area contributed by atoms with Crippen molar-refractivity contribution in [2.24, 2.45) is 5.10 Å². The smallest absolute Gasteiger partial charge is 0.274 e. The van der Waals surface area contributed by atoms with Crippen molar-refractivity contribution < 1.29 is 9.47 Å². The van der Waals surface area contributed by atoms with Crippen molar-refractivity contribution in [3.8, 4) is 11.5 Å². The van der Waals surface area contributed by atoms with Gasteiger partial charge in [-0.3, -0.25) is 9.78 Å². The fourth-order valence-electron chi connectivity index (χ4n) is 2.77. The summed E-state index contributed by atoms with van der Waals surface area (Å²) < 4.78 is 11.6. The van der Waals surface area contributed by atoms with Gasteiger partial charge in [0.2, 0.25) is 5.95 Å². The Kier molecular flexibility index (Phi) is 7.02. The molecule has 0 spiro atoms. The Morgan fingerprint density at radius 2 is 1.84 bits per heavy atom. The van der Waals surface area contributed by atoms with Crippen LogP contribution in [0.1, 0.15) is 44.5 Å². The highest BCUT2D eigenvalue weighted by Gasteiger charge is 2.20. The van der Waals surface area contributed by atoms with Crippen LogP contribution in [0.2, 0.25) is 0 Å². The number of ether oxygens (including phenoxy) is 2. The summed E-state index contributed by atoms with van der Waals surface area (Å²) in [7, 11) is 0. The number of hydrazone groups is 1. The first-order chi connectivity index (χ1) is 14.9. The van der Waals surface area contributed by atoms with E-state index in [-0.39, 0.29) is 16.9 Å². The third kappa shape index (κ3) is 6.15. The van der Waals surface area contributed by atoms with Crippen molar-refractivity contribution >= 4 is 12.2 Å². The topological polar surface area (TPSA) is 101 Å². The maximum Gasteiger partial charge on any atom is 0.274 e. The standard InChI is InChI=1S/C23H27N5O3/c1-5-30-19-13-17(11-12-18(19)31-15-16-9-7-6-8-10-16)14-24-27-22-25-21(29)20(26-28-22)23(2,3)4/h6-14H,5,15H2,1-4H3,(H2,25,27,28,29)/b24-14+. The van der Waals surface area contributed by atoms with E-state index in [1.807, 2.05) is 76.2 Å². The quantitative estimate of drug-likeness (QED) is 0.423. The van der Waals surface area contributed by atoms with E-state index in [2.05, 4.69) is 25.7 Å². The Labute approximate surface area is 181 Å². The lowest BCUT2D eigenvalue weighted by atomic mass is 9.93. The van der Waals surface area contributed by atoms with Crippen LogP contribution in [0, 0.1) is 0 Å². The molecule has 162 valence electrons. The predicted molar refractivity (Wildman–Crippen MR) is 121 cm³/mol. The van der Waals surface area contributed by atoms with Gasteiger partial charge in [-0.15, -0.1) is 10.2 Å². The van der Waals surface area contributed by atoms with Crippen LogP contribution in [-0.4, -0.2) is 28.0 Å². The first-order valence-corrected chi connectivity index (χ1v) is 10.1. The van der Waals surface area contributed by atoms with E-state index < -0.39 is 0 Å². The van der Waals surface area contributed by atoms with E-state index in [4.69, 9.17) is 9.47 Å². The number of anilines is 1. The Hall–Kier alpha value is -3.68. The van der Waals surface area contributed by atoms with Crippen molar-refractivity contribution in [1.82, 2.24) is 15.2 Å². The fourth-order valence-corrected chi connectivity index (χ4v) is 2.77. The van der Waals surface area contributed by atoms with Gasteiger partial charge in [-0.25, -0.2) is 5.43 Å². The number of H-pyrrole nitrogens is 1. The highest BCUT2D eigenvalue weighted by atomic mass is 16.5. The first kappa shape index (κ1) is 22.0. The van der Waals surface area contributed by atoms with Gasteiger partial charge in [-0.2, -0.15) is 5.10 Å². The van der Waals surface area contributed by atoms with E-state index in [1.54, 1.807) is 6.21 Å². The van der Waals surface area contributed by atoms with Gasteiger partial charge in [0, 0.05) is 5.41 Å². The molecule has 0 atom stereocenters. The Balaban J connectivity index is 1.68. The van der Waals surface area contributed by atoms with E-state index >= 15 is 0 Å². The Bertz CT molecular complexity index is 1090. The predicted octanol–water partition coefficient (Wildman–Crippen LogP) is 3.89. The molecule has 0 amide bonds. The number of benzene rings is 2. The molecule has 0 saturated carbocycles. The molecule has 3 rings (SSSR count). The van der Waals surface area contributed by atoms with Gasteiger partial charge >= 0.3 is 0 Å². The summed E-state index contributed by atoms with van der Waals surface area (Å²) in [5.41, 5.74) is 4.26.